The Morgan fingerprint density at radius 1 is 1.24 bits per heavy atom. The first-order valence-electron chi connectivity index (χ1n) is 4.76. The van der Waals surface area contributed by atoms with E-state index in [9.17, 15) is 18.4 Å². The fraction of sp³-hybridized carbons (Fsp3) is 0.600. The quantitative estimate of drug-likeness (QED) is 0.614. The first-order chi connectivity index (χ1) is 7.67. The summed E-state index contributed by atoms with van der Waals surface area (Å²) >= 11 is 0. The van der Waals surface area contributed by atoms with Crippen molar-refractivity contribution >= 4 is 12.1 Å². The molecule has 0 saturated heterocycles. The van der Waals surface area contributed by atoms with Gasteiger partial charge in [0.1, 0.15) is 5.60 Å². The summed E-state index contributed by atoms with van der Waals surface area (Å²) in [5, 5.41) is 1.96. The van der Waals surface area contributed by atoms with Crippen LogP contribution in [0.15, 0.2) is 11.7 Å². The van der Waals surface area contributed by atoms with Crippen molar-refractivity contribution < 1.29 is 27.8 Å². The summed E-state index contributed by atoms with van der Waals surface area (Å²) in [6.07, 6.45) is -0.912. The standard InChI is InChI=1S/C10H15F2NO4/c1-10(2,3)17-9(15)13-5-6(11)7(12)8(14)16-4/h5H2,1-4H3,(H,13,15). The minimum Gasteiger partial charge on any atom is -0.464 e. The Labute approximate surface area is 97.8 Å². The molecule has 0 rings (SSSR count). The average Bonchev–Trinajstić information content (AvgIpc) is 2.21. The topological polar surface area (TPSA) is 64.6 Å². The molecule has 0 fully saturated rings. The number of methoxy groups -OCH3 is 1. The second-order valence-corrected chi connectivity index (χ2v) is 4.07. The van der Waals surface area contributed by atoms with Crippen LogP contribution in [0.5, 0.6) is 0 Å². The van der Waals surface area contributed by atoms with Gasteiger partial charge in [-0.05, 0) is 20.8 Å². The number of amides is 1. The van der Waals surface area contributed by atoms with Crippen molar-refractivity contribution in [2.24, 2.45) is 0 Å². The molecule has 7 heteroatoms. The van der Waals surface area contributed by atoms with Gasteiger partial charge in [0.2, 0.25) is 5.83 Å². The number of esters is 1. The van der Waals surface area contributed by atoms with Crippen LogP contribution in [0.2, 0.25) is 0 Å². The van der Waals surface area contributed by atoms with E-state index < -0.39 is 35.9 Å². The molecule has 0 aromatic carbocycles. The number of halogens is 2. The molecule has 0 aromatic rings. The summed E-state index contributed by atoms with van der Waals surface area (Å²) in [6.45, 7) is 4.07. The molecule has 0 unspecified atom stereocenters. The summed E-state index contributed by atoms with van der Waals surface area (Å²) < 4.78 is 34.5. The lowest BCUT2D eigenvalue weighted by atomic mass is 10.2. The highest BCUT2D eigenvalue weighted by Crippen LogP contribution is 2.10. The molecule has 98 valence electrons. The van der Waals surface area contributed by atoms with Crippen molar-refractivity contribution in [2.75, 3.05) is 13.7 Å². The SMILES string of the molecule is COC(=O)C(F)=C(F)CNC(=O)OC(C)(C)C. The first kappa shape index (κ1) is 15.3. The average molecular weight is 251 g/mol. The fourth-order valence-electron chi connectivity index (χ4n) is 0.742. The van der Waals surface area contributed by atoms with Crippen molar-refractivity contribution in [1.82, 2.24) is 5.32 Å². The zero-order valence-corrected chi connectivity index (χ0v) is 10.1. The van der Waals surface area contributed by atoms with Gasteiger partial charge in [-0.2, -0.15) is 4.39 Å². The van der Waals surface area contributed by atoms with Crippen LogP contribution in [0.1, 0.15) is 20.8 Å². The summed E-state index contributed by atoms with van der Waals surface area (Å²) in [5.74, 6) is -4.54. The molecule has 5 nitrogen and oxygen atoms in total. The van der Waals surface area contributed by atoms with Crippen LogP contribution in [0, 0.1) is 0 Å². The molecule has 0 atom stereocenters. The maximum absolute atomic E-state index is 13.0. The zero-order chi connectivity index (χ0) is 13.6. The molecule has 1 amide bonds. The zero-order valence-electron chi connectivity index (χ0n) is 10.1. The molecule has 17 heavy (non-hydrogen) atoms. The Hall–Kier alpha value is -1.66. The highest BCUT2D eigenvalue weighted by atomic mass is 19.2. The predicted molar refractivity (Wildman–Crippen MR) is 55.5 cm³/mol. The third kappa shape index (κ3) is 6.49. The first-order valence-corrected chi connectivity index (χ1v) is 4.76. The van der Waals surface area contributed by atoms with Gasteiger partial charge in [0.05, 0.1) is 13.7 Å². The highest BCUT2D eigenvalue weighted by Gasteiger charge is 2.19. The van der Waals surface area contributed by atoms with Gasteiger partial charge in [-0.15, -0.1) is 0 Å². The highest BCUT2D eigenvalue weighted by molar-refractivity contribution is 5.86. The summed E-state index contributed by atoms with van der Waals surface area (Å²) in [5.41, 5.74) is -0.745. The van der Waals surface area contributed by atoms with E-state index in [0.29, 0.717) is 0 Å². The van der Waals surface area contributed by atoms with Gasteiger partial charge in [0.25, 0.3) is 0 Å². The van der Waals surface area contributed by atoms with Crippen LogP contribution in [0.25, 0.3) is 0 Å². The number of nitrogens with one attached hydrogen (secondary N) is 1. The smallest absolute Gasteiger partial charge is 0.408 e. The van der Waals surface area contributed by atoms with Gasteiger partial charge in [-0.1, -0.05) is 0 Å². The fourth-order valence-corrected chi connectivity index (χ4v) is 0.742. The molecular formula is C10H15F2NO4. The Balaban J connectivity index is 4.30. The molecule has 0 saturated carbocycles. The maximum Gasteiger partial charge on any atom is 0.408 e. The van der Waals surface area contributed by atoms with Crippen LogP contribution in [0.4, 0.5) is 13.6 Å². The van der Waals surface area contributed by atoms with Crippen molar-refractivity contribution in [1.29, 1.82) is 0 Å². The van der Waals surface area contributed by atoms with Gasteiger partial charge >= 0.3 is 12.1 Å². The number of rotatable bonds is 3. The number of carbonyl (C=O) groups excluding carboxylic acids is 2. The molecular weight excluding hydrogens is 236 g/mol. The normalized spacial score (nSPS) is 12.6. The largest absolute Gasteiger partial charge is 0.464 e. The number of carbonyl (C=O) groups is 2. The van der Waals surface area contributed by atoms with Gasteiger partial charge in [-0.3, -0.25) is 0 Å². The third-order valence-electron chi connectivity index (χ3n) is 1.39. The Morgan fingerprint density at radius 3 is 2.18 bits per heavy atom. The molecule has 0 aliphatic heterocycles. The second-order valence-electron chi connectivity index (χ2n) is 4.07. The van der Waals surface area contributed by atoms with E-state index in [2.05, 4.69) is 4.74 Å². The summed E-state index contributed by atoms with van der Waals surface area (Å²) in [7, 11) is 0.913. The summed E-state index contributed by atoms with van der Waals surface area (Å²) in [6, 6.07) is 0. The van der Waals surface area contributed by atoms with Crippen molar-refractivity contribution in [2.45, 2.75) is 26.4 Å². The lowest BCUT2D eigenvalue weighted by Gasteiger charge is -2.19. The monoisotopic (exact) mass is 251 g/mol. The van der Waals surface area contributed by atoms with Gasteiger partial charge < -0.3 is 14.8 Å². The number of ether oxygens (including phenoxy) is 2. The minimum atomic E-state index is -1.68. The number of alkyl carbamates (subject to hydrolysis) is 1. The molecule has 1 N–H and O–H groups in total. The molecule has 0 aliphatic carbocycles. The van der Waals surface area contributed by atoms with E-state index in [-0.39, 0.29) is 0 Å². The molecule has 0 spiro atoms. The third-order valence-corrected chi connectivity index (χ3v) is 1.39. The summed E-state index contributed by atoms with van der Waals surface area (Å²) in [4.78, 5) is 21.7. The minimum absolute atomic E-state index is 0.745. The number of hydrogen-bond acceptors (Lipinski definition) is 4. The Bertz CT molecular complexity index is 334. The van der Waals surface area contributed by atoms with E-state index in [1.165, 1.54) is 0 Å². The van der Waals surface area contributed by atoms with E-state index in [1.54, 1.807) is 20.8 Å². The van der Waals surface area contributed by atoms with Gasteiger partial charge in [0.15, 0.2) is 5.83 Å². The van der Waals surface area contributed by atoms with Crippen LogP contribution >= 0.6 is 0 Å². The number of hydrogen-bond donors (Lipinski definition) is 1. The molecule has 0 aromatic heterocycles. The predicted octanol–water partition coefficient (Wildman–Crippen LogP) is 1.83. The van der Waals surface area contributed by atoms with Crippen molar-refractivity contribution in [3.05, 3.63) is 11.7 Å². The van der Waals surface area contributed by atoms with Crippen LogP contribution in [0.3, 0.4) is 0 Å². The molecule has 0 heterocycles. The van der Waals surface area contributed by atoms with Crippen molar-refractivity contribution in [3.8, 4) is 0 Å². The lowest BCUT2D eigenvalue weighted by Crippen LogP contribution is -2.33. The van der Waals surface area contributed by atoms with E-state index in [4.69, 9.17) is 4.74 Å². The van der Waals surface area contributed by atoms with Gasteiger partial charge in [-0.25, -0.2) is 14.0 Å². The molecule has 0 radical (unpaired) electrons. The van der Waals surface area contributed by atoms with Gasteiger partial charge in [0, 0.05) is 0 Å². The molecule has 0 bridgehead atoms. The Morgan fingerprint density at radius 2 is 1.76 bits per heavy atom. The lowest BCUT2D eigenvalue weighted by molar-refractivity contribution is -0.138. The Kier molecular flexibility index (Phi) is 5.57. The van der Waals surface area contributed by atoms with E-state index in [0.717, 1.165) is 7.11 Å². The van der Waals surface area contributed by atoms with Crippen LogP contribution in [-0.4, -0.2) is 31.3 Å². The molecule has 0 aliphatic rings. The van der Waals surface area contributed by atoms with Crippen LogP contribution in [-0.2, 0) is 14.3 Å². The van der Waals surface area contributed by atoms with E-state index >= 15 is 0 Å². The van der Waals surface area contributed by atoms with E-state index in [1.807, 2.05) is 5.32 Å². The van der Waals surface area contributed by atoms with Crippen LogP contribution < -0.4 is 5.32 Å². The second kappa shape index (κ2) is 6.17. The van der Waals surface area contributed by atoms with Crippen molar-refractivity contribution in [3.63, 3.8) is 0 Å². The maximum atomic E-state index is 13.0.